The van der Waals surface area contributed by atoms with Gasteiger partial charge in [0.2, 0.25) is 0 Å². The first kappa shape index (κ1) is 34.8. The number of benzene rings is 9. The third-order valence-corrected chi connectivity index (χ3v) is 13.5. The molecule has 0 spiro atoms. The van der Waals surface area contributed by atoms with E-state index in [1.165, 1.54) is 52.6 Å². The van der Waals surface area contributed by atoms with Crippen LogP contribution in [0.3, 0.4) is 0 Å². The number of fused-ring (bicyclic) bond motifs is 11. The molecule has 4 nitrogen and oxygen atoms in total. The van der Waals surface area contributed by atoms with Crippen LogP contribution in [0, 0.1) is 0 Å². The summed E-state index contributed by atoms with van der Waals surface area (Å²) in [5.41, 5.74) is 11.4. The lowest BCUT2D eigenvalue weighted by atomic mass is 9.94. The molecule has 0 aliphatic carbocycles. The summed E-state index contributed by atoms with van der Waals surface area (Å²) in [5.74, 6) is 0.692. The highest BCUT2D eigenvalue weighted by Gasteiger charge is 2.20. The Morgan fingerprint density at radius 3 is 1.90 bits per heavy atom. The Morgan fingerprint density at radius 1 is 0.371 bits per heavy atom. The average molecular weight is 807 g/mol. The van der Waals surface area contributed by atoms with Gasteiger partial charge in [0.1, 0.15) is 0 Å². The van der Waals surface area contributed by atoms with Gasteiger partial charge in [0.15, 0.2) is 5.82 Å². The zero-order chi connectivity index (χ0) is 40.7. The molecule has 0 amide bonds. The lowest BCUT2D eigenvalue weighted by molar-refractivity contribution is 1.18. The van der Waals surface area contributed by atoms with Crippen molar-refractivity contribution in [3.8, 4) is 50.8 Å². The molecular formula is C57H34N4S. The minimum absolute atomic E-state index is 0.692. The van der Waals surface area contributed by atoms with Crippen LogP contribution in [0.25, 0.3) is 125 Å². The maximum atomic E-state index is 5.39. The SMILES string of the molecule is c1ccc(-c2cc(-c3ccc4c(c3)c3ccccc3n4-c3ccccc3)nc(-c3ccc4sc5ccc6c(-c7cccc8ccccc78)nc7ccccc7c6c5c4c3)n2)cc1. The Bertz CT molecular complexity index is 3920. The monoisotopic (exact) mass is 806 g/mol. The van der Waals surface area contributed by atoms with Crippen LogP contribution in [0.1, 0.15) is 0 Å². The molecule has 0 bridgehead atoms. The highest BCUT2D eigenvalue weighted by molar-refractivity contribution is 7.26. The summed E-state index contributed by atoms with van der Waals surface area (Å²) in [6.07, 6.45) is 0. The summed E-state index contributed by atoms with van der Waals surface area (Å²) in [6, 6.07) is 73.6. The number of nitrogens with zero attached hydrogens (tertiary/aromatic N) is 4. The topological polar surface area (TPSA) is 43.6 Å². The van der Waals surface area contributed by atoms with Crippen molar-refractivity contribution in [3.63, 3.8) is 0 Å². The third-order valence-electron chi connectivity index (χ3n) is 12.4. The minimum Gasteiger partial charge on any atom is -0.309 e. The molecule has 0 aliphatic rings. The number of pyridine rings is 1. The van der Waals surface area contributed by atoms with E-state index in [0.717, 1.165) is 66.8 Å². The maximum absolute atomic E-state index is 5.39. The van der Waals surface area contributed by atoms with Crippen molar-refractivity contribution in [2.45, 2.75) is 0 Å². The van der Waals surface area contributed by atoms with Gasteiger partial charge in [0.25, 0.3) is 0 Å². The molecule has 0 N–H and O–H groups in total. The van der Waals surface area contributed by atoms with E-state index in [9.17, 15) is 0 Å². The molecular weight excluding hydrogens is 773 g/mol. The fraction of sp³-hybridized carbons (Fsp3) is 0. The summed E-state index contributed by atoms with van der Waals surface area (Å²) in [4.78, 5) is 16.1. The Balaban J connectivity index is 1.04. The molecule has 13 rings (SSSR count). The molecule has 288 valence electrons. The van der Waals surface area contributed by atoms with E-state index in [1.807, 2.05) is 17.4 Å². The van der Waals surface area contributed by atoms with Gasteiger partial charge in [0.05, 0.1) is 33.6 Å². The number of para-hydroxylation sites is 3. The van der Waals surface area contributed by atoms with E-state index in [1.54, 1.807) is 0 Å². The summed E-state index contributed by atoms with van der Waals surface area (Å²) >= 11 is 1.83. The van der Waals surface area contributed by atoms with Gasteiger partial charge in [-0.25, -0.2) is 15.0 Å². The summed E-state index contributed by atoms with van der Waals surface area (Å²) in [6.45, 7) is 0. The predicted octanol–water partition coefficient (Wildman–Crippen LogP) is 15.5. The third kappa shape index (κ3) is 5.42. The van der Waals surface area contributed by atoms with Crippen molar-refractivity contribution in [2.24, 2.45) is 0 Å². The van der Waals surface area contributed by atoms with Crippen molar-refractivity contribution in [1.29, 1.82) is 0 Å². The van der Waals surface area contributed by atoms with Gasteiger partial charge < -0.3 is 4.57 Å². The van der Waals surface area contributed by atoms with Crippen molar-refractivity contribution in [2.75, 3.05) is 0 Å². The van der Waals surface area contributed by atoms with Gasteiger partial charge in [-0.05, 0) is 77.5 Å². The fourth-order valence-electron chi connectivity index (χ4n) is 9.55. The predicted molar refractivity (Wildman–Crippen MR) is 261 cm³/mol. The van der Waals surface area contributed by atoms with Gasteiger partial charge in [-0.15, -0.1) is 11.3 Å². The van der Waals surface area contributed by atoms with Gasteiger partial charge in [-0.1, -0.05) is 140 Å². The molecule has 0 aliphatic heterocycles. The van der Waals surface area contributed by atoms with Crippen LogP contribution in [-0.4, -0.2) is 19.5 Å². The molecule has 62 heavy (non-hydrogen) atoms. The fourth-order valence-corrected chi connectivity index (χ4v) is 10.6. The first-order chi connectivity index (χ1) is 30.7. The zero-order valence-corrected chi connectivity index (χ0v) is 34.1. The highest BCUT2D eigenvalue weighted by Crippen LogP contribution is 2.45. The highest BCUT2D eigenvalue weighted by atomic mass is 32.1. The zero-order valence-electron chi connectivity index (χ0n) is 33.3. The van der Waals surface area contributed by atoms with Crippen LogP contribution in [0.5, 0.6) is 0 Å². The Hall–Kier alpha value is -7.99. The summed E-state index contributed by atoms with van der Waals surface area (Å²) in [7, 11) is 0. The lowest BCUT2D eigenvalue weighted by Crippen LogP contribution is -1.96. The molecule has 9 aromatic carbocycles. The molecule has 0 fully saturated rings. The van der Waals surface area contributed by atoms with E-state index < -0.39 is 0 Å². The number of rotatable bonds is 5. The van der Waals surface area contributed by atoms with Gasteiger partial charge in [0, 0.05) is 75.0 Å². The molecule has 4 aromatic heterocycles. The molecule has 0 radical (unpaired) electrons. The Morgan fingerprint density at radius 2 is 1.03 bits per heavy atom. The molecule has 0 saturated carbocycles. The number of hydrogen-bond acceptors (Lipinski definition) is 4. The molecule has 5 heteroatoms. The van der Waals surface area contributed by atoms with Gasteiger partial charge in [-0.2, -0.15) is 0 Å². The summed E-state index contributed by atoms with van der Waals surface area (Å²) < 4.78 is 4.82. The van der Waals surface area contributed by atoms with Crippen molar-refractivity contribution < 1.29 is 0 Å². The van der Waals surface area contributed by atoms with Crippen LogP contribution in [0.2, 0.25) is 0 Å². The van der Waals surface area contributed by atoms with Gasteiger partial charge in [-0.3, -0.25) is 0 Å². The number of thiophene rings is 1. The second kappa shape index (κ2) is 13.8. The van der Waals surface area contributed by atoms with E-state index in [0.29, 0.717) is 5.82 Å². The number of aromatic nitrogens is 4. The van der Waals surface area contributed by atoms with Crippen LogP contribution in [0.4, 0.5) is 0 Å². The molecule has 4 heterocycles. The first-order valence-electron chi connectivity index (χ1n) is 20.9. The second-order valence-electron chi connectivity index (χ2n) is 15.9. The van der Waals surface area contributed by atoms with Crippen molar-refractivity contribution in [3.05, 3.63) is 206 Å². The normalized spacial score (nSPS) is 11.9. The van der Waals surface area contributed by atoms with E-state index in [4.69, 9.17) is 15.0 Å². The maximum Gasteiger partial charge on any atom is 0.160 e. The van der Waals surface area contributed by atoms with Crippen LogP contribution in [-0.2, 0) is 0 Å². The standard InChI is InChI=1S/C57H34N4S/c1-3-15-36(16-4-1)48-34-49(37-26-29-51-45(32-37)41-21-10-12-25-50(41)61(51)39-18-5-2-6-19-39)60-57(59-48)38-27-30-52-46(33-38)55-53(62-52)31-28-44-54(55)43-22-9-11-24-47(43)58-56(44)42-23-13-17-35-14-7-8-20-40(35)42/h1-34H. The summed E-state index contributed by atoms with van der Waals surface area (Å²) in [5, 5.41) is 10.7. The minimum atomic E-state index is 0.692. The Kier molecular flexibility index (Phi) is 7.74. The van der Waals surface area contributed by atoms with Crippen molar-refractivity contribution >= 4 is 85.8 Å². The van der Waals surface area contributed by atoms with Crippen LogP contribution >= 0.6 is 11.3 Å². The second-order valence-corrected chi connectivity index (χ2v) is 17.0. The van der Waals surface area contributed by atoms with Crippen molar-refractivity contribution in [1.82, 2.24) is 19.5 Å². The quantitative estimate of drug-likeness (QED) is 0.163. The Labute approximate surface area is 360 Å². The largest absolute Gasteiger partial charge is 0.309 e. The number of hydrogen-bond donors (Lipinski definition) is 0. The lowest BCUT2D eigenvalue weighted by Gasteiger charge is -2.13. The average Bonchev–Trinajstić information content (AvgIpc) is 3.89. The van der Waals surface area contributed by atoms with E-state index in [2.05, 4.69) is 205 Å². The van der Waals surface area contributed by atoms with E-state index >= 15 is 0 Å². The smallest absolute Gasteiger partial charge is 0.160 e. The molecule has 0 saturated heterocycles. The molecule has 0 atom stereocenters. The van der Waals surface area contributed by atoms with E-state index in [-0.39, 0.29) is 0 Å². The van der Waals surface area contributed by atoms with Crippen LogP contribution < -0.4 is 0 Å². The van der Waals surface area contributed by atoms with Gasteiger partial charge >= 0.3 is 0 Å². The molecule has 0 unspecified atom stereocenters. The molecule has 13 aromatic rings. The van der Waals surface area contributed by atoms with Crippen LogP contribution in [0.15, 0.2) is 206 Å². The first-order valence-corrected chi connectivity index (χ1v) is 21.7.